The Labute approximate surface area is 213 Å². The van der Waals surface area contributed by atoms with Crippen LogP contribution in [0.25, 0.3) is 0 Å². The molecule has 2 aliphatic heterocycles. The molecule has 0 aromatic carbocycles. The van der Waals surface area contributed by atoms with Crippen LogP contribution in [0.4, 0.5) is 11.6 Å². The molecule has 0 radical (unpaired) electrons. The maximum Gasteiger partial charge on any atom is 0.280 e. The number of nitrogens with two attached hydrogens (primary N) is 2. The summed E-state index contributed by atoms with van der Waals surface area (Å²) in [5.41, 5.74) is 11.9. The van der Waals surface area contributed by atoms with E-state index in [2.05, 4.69) is 25.6 Å². The molecule has 3 aliphatic rings. The average Bonchev–Trinajstić information content (AvgIpc) is 3.40. The quantitative estimate of drug-likeness (QED) is 0.404. The van der Waals surface area contributed by atoms with E-state index in [0.717, 1.165) is 9.88 Å². The minimum atomic E-state index is -3.58. The number of aromatic nitrogens is 2. The van der Waals surface area contributed by atoms with Crippen molar-refractivity contribution in [3.63, 3.8) is 0 Å². The van der Waals surface area contributed by atoms with Crippen molar-refractivity contribution in [2.24, 2.45) is 4.99 Å². The molecule has 1 fully saturated rings. The highest BCUT2D eigenvalue weighted by Gasteiger charge is 2.41. The molecule has 0 saturated carbocycles. The number of aliphatic imine (C=N–C) groups is 1. The lowest BCUT2D eigenvalue weighted by atomic mass is 9.88. The van der Waals surface area contributed by atoms with E-state index < -0.39 is 21.5 Å². The topological polar surface area (TPSA) is 189 Å². The fraction of sp³-hybridized carbons (Fsp3) is 0.476. The summed E-state index contributed by atoms with van der Waals surface area (Å²) in [5, 5.41) is 5.76. The van der Waals surface area contributed by atoms with Crippen LogP contribution in [-0.2, 0) is 14.8 Å². The van der Waals surface area contributed by atoms with E-state index in [-0.39, 0.29) is 45.7 Å². The lowest BCUT2D eigenvalue weighted by molar-refractivity contribution is -0.128. The summed E-state index contributed by atoms with van der Waals surface area (Å²) in [6, 6.07) is 0. The molecular formula is C21H28ClN9O4S. The fourth-order valence-corrected chi connectivity index (χ4v) is 5.60. The number of amides is 2. The van der Waals surface area contributed by atoms with E-state index >= 15 is 0 Å². The lowest BCUT2D eigenvalue weighted by Crippen LogP contribution is -2.57. The summed E-state index contributed by atoms with van der Waals surface area (Å²) in [6.07, 6.45) is 2.90. The first-order chi connectivity index (χ1) is 16.8. The molecule has 3 heterocycles. The van der Waals surface area contributed by atoms with Crippen molar-refractivity contribution in [1.82, 2.24) is 29.8 Å². The van der Waals surface area contributed by atoms with Gasteiger partial charge in [0.15, 0.2) is 28.4 Å². The Kier molecular flexibility index (Phi) is 6.70. The van der Waals surface area contributed by atoms with Gasteiger partial charge in [-0.1, -0.05) is 17.2 Å². The third kappa shape index (κ3) is 4.75. The number of carbonyl (C=O) groups excluding carboxylic acids is 2. The first-order valence-corrected chi connectivity index (χ1v) is 13.0. The summed E-state index contributed by atoms with van der Waals surface area (Å²) in [7, 11) is -0.639. The molecule has 0 bridgehead atoms. The highest BCUT2D eigenvalue weighted by Crippen LogP contribution is 2.33. The summed E-state index contributed by atoms with van der Waals surface area (Å²) >= 11 is 5.85. The van der Waals surface area contributed by atoms with Crippen molar-refractivity contribution in [2.45, 2.75) is 31.7 Å². The monoisotopic (exact) mass is 537 g/mol. The second-order valence-electron chi connectivity index (χ2n) is 9.22. The normalized spacial score (nSPS) is 19.4. The highest BCUT2D eigenvalue weighted by molar-refractivity contribution is 7.93. The van der Waals surface area contributed by atoms with Crippen LogP contribution in [-0.4, -0.2) is 84.6 Å². The Morgan fingerprint density at radius 2 is 1.86 bits per heavy atom. The van der Waals surface area contributed by atoms with E-state index in [4.69, 9.17) is 23.1 Å². The number of sulfonamides is 1. The van der Waals surface area contributed by atoms with Crippen molar-refractivity contribution < 1.29 is 18.0 Å². The van der Waals surface area contributed by atoms with Gasteiger partial charge in [0.2, 0.25) is 10.0 Å². The number of nitrogens with one attached hydrogen (secondary N) is 2. The van der Waals surface area contributed by atoms with Gasteiger partial charge in [0.25, 0.3) is 11.8 Å². The smallest absolute Gasteiger partial charge is 0.280 e. The van der Waals surface area contributed by atoms with Gasteiger partial charge in [0.1, 0.15) is 0 Å². The van der Waals surface area contributed by atoms with E-state index in [1.165, 1.54) is 20.2 Å². The summed E-state index contributed by atoms with van der Waals surface area (Å²) < 4.78 is 26.1. The second kappa shape index (κ2) is 9.33. The first-order valence-electron chi connectivity index (χ1n) is 11.2. The van der Waals surface area contributed by atoms with Crippen molar-refractivity contribution in [1.29, 1.82) is 0 Å². The number of hydrogen-bond acceptors (Lipinski definition) is 10. The van der Waals surface area contributed by atoms with Gasteiger partial charge >= 0.3 is 0 Å². The van der Waals surface area contributed by atoms with Crippen LogP contribution in [0, 0.1) is 0 Å². The highest BCUT2D eigenvalue weighted by atomic mass is 35.5. The van der Waals surface area contributed by atoms with Crippen LogP contribution in [0.5, 0.6) is 0 Å². The summed E-state index contributed by atoms with van der Waals surface area (Å²) in [6.45, 7) is 3.10. The molecule has 1 spiro atoms. The van der Waals surface area contributed by atoms with Crippen molar-refractivity contribution in [2.75, 3.05) is 45.2 Å². The molecule has 194 valence electrons. The molecule has 0 atom stereocenters. The third-order valence-electron chi connectivity index (χ3n) is 6.53. The second-order valence-corrected chi connectivity index (χ2v) is 11.8. The van der Waals surface area contributed by atoms with Crippen LogP contribution < -0.4 is 22.1 Å². The predicted octanol–water partition coefficient (Wildman–Crippen LogP) is -0.160. The Morgan fingerprint density at radius 3 is 2.50 bits per heavy atom. The zero-order chi connectivity index (χ0) is 26.4. The number of rotatable bonds is 4. The van der Waals surface area contributed by atoms with Crippen molar-refractivity contribution >= 4 is 51.0 Å². The number of guanidine groups is 1. The first kappa shape index (κ1) is 25.9. The van der Waals surface area contributed by atoms with E-state index in [9.17, 15) is 18.0 Å². The number of carbonyl (C=O) groups is 2. The molecule has 1 aromatic heterocycles. The molecule has 1 aliphatic carbocycles. The molecule has 13 nitrogen and oxygen atoms in total. The van der Waals surface area contributed by atoms with Crippen LogP contribution in [0.2, 0.25) is 5.15 Å². The van der Waals surface area contributed by atoms with E-state index in [0.29, 0.717) is 38.0 Å². The number of allylic oxidation sites excluding steroid dienone is 2. The molecule has 15 heteroatoms. The molecule has 0 unspecified atom stereocenters. The van der Waals surface area contributed by atoms with Gasteiger partial charge in [0, 0.05) is 39.2 Å². The van der Waals surface area contributed by atoms with Crippen molar-refractivity contribution in [3.05, 3.63) is 33.0 Å². The van der Waals surface area contributed by atoms with Crippen molar-refractivity contribution in [3.8, 4) is 0 Å². The Balaban J connectivity index is 1.36. The zero-order valence-corrected chi connectivity index (χ0v) is 21.7. The van der Waals surface area contributed by atoms with Gasteiger partial charge in [-0.3, -0.25) is 19.9 Å². The molecule has 1 saturated heterocycles. The Hall–Kier alpha value is -3.23. The standard InChI is InChI=1S/C21H28ClN9O4S/c1-11-8-12(36(34,35)30(2)3)9-13(11)19(33)31-6-4-21(5-7-31)10-25-20(29-21)28-18(32)14-16(23)27-17(24)15(22)26-14/h9H,4-8,10H2,1-3H3,(H4,23,24,27)(H2,25,28,29,32). The number of likely N-dealkylation sites (tertiary alicyclic amines) is 1. The van der Waals surface area contributed by atoms with Gasteiger partial charge < -0.3 is 21.7 Å². The van der Waals surface area contributed by atoms with Crippen LogP contribution >= 0.6 is 11.6 Å². The molecule has 36 heavy (non-hydrogen) atoms. The number of nitrogen functional groups attached to an aromatic ring is 2. The van der Waals surface area contributed by atoms with E-state index in [1.807, 2.05) is 0 Å². The minimum absolute atomic E-state index is 0.0723. The zero-order valence-electron chi connectivity index (χ0n) is 20.1. The largest absolute Gasteiger partial charge is 0.382 e. The molecule has 6 N–H and O–H groups in total. The number of piperidine rings is 1. The maximum atomic E-state index is 13.2. The number of hydrogen-bond donors (Lipinski definition) is 4. The van der Waals surface area contributed by atoms with Gasteiger partial charge in [-0.15, -0.1) is 0 Å². The van der Waals surface area contributed by atoms with E-state index in [1.54, 1.807) is 11.8 Å². The summed E-state index contributed by atoms with van der Waals surface area (Å²) in [4.78, 5) is 39.8. The molecule has 4 rings (SSSR count). The maximum absolute atomic E-state index is 13.2. The van der Waals surface area contributed by atoms with Gasteiger partial charge in [-0.25, -0.2) is 22.7 Å². The molecule has 1 aromatic rings. The van der Waals surface area contributed by atoms with Gasteiger partial charge in [0.05, 0.1) is 17.0 Å². The Morgan fingerprint density at radius 1 is 1.19 bits per heavy atom. The van der Waals surface area contributed by atoms with Gasteiger partial charge in [-0.2, -0.15) is 0 Å². The minimum Gasteiger partial charge on any atom is -0.382 e. The van der Waals surface area contributed by atoms with Crippen LogP contribution in [0.1, 0.15) is 36.7 Å². The Bertz CT molecular complexity index is 1330. The molecule has 2 amide bonds. The SMILES string of the molecule is CC1=C(C(=O)N2CCC3(CC2)CN=C(NC(=O)c2nc(Cl)c(N)nc2N)N3)C=C(S(=O)(=O)N(C)C)C1. The molecular weight excluding hydrogens is 510 g/mol. The number of nitrogens with zero attached hydrogens (tertiary/aromatic N) is 5. The average molecular weight is 538 g/mol. The fourth-order valence-electron chi connectivity index (χ4n) is 4.33. The number of anilines is 2. The third-order valence-corrected chi connectivity index (χ3v) is 8.69. The number of halogens is 1. The van der Waals surface area contributed by atoms with Crippen LogP contribution in [0.3, 0.4) is 0 Å². The predicted molar refractivity (Wildman–Crippen MR) is 135 cm³/mol. The summed E-state index contributed by atoms with van der Waals surface area (Å²) in [5.74, 6) is -0.770. The van der Waals surface area contributed by atoms with Gasteiger partial charge in [-0.05, 0) is 25.8 Å². The van der Waals surface area contributed by atoms with Crippen LogP contribution in [0.15, 0.2) is 27.1 Å². The lowest BCUT2D eigenvalue weighted by Gasteiger charge is -2.39.